The molecule has 0 aromatic rings. The zero-order chi connectivity index (χ0) is 23.4. The van der Waals surface area contributed by atoms with Crippen LogP contribution in [0.5, 0.6) is 0 Å². The van der Waals surface area contributed by atoms with Gasteiger partial charge in [0, 0.05) is 6.42 Å². The summed E-state index contributed by atoms with van der Waals surface area (Å²) in [6.45, 7) is 7.03. The molecule has 0 unspecified atom stereocenters. The van der Waals surface area contributed by atoms with Gasteiger partial charge in [-0.3, -0.25) is 9.59 Å². The number of Topliss-reactive ketones (excluding diaryl/α,β-unsaturated/α-hetero) is 1. The predicted octanol–water partition coefficient (Wildman–Crippen LogP) is 1.41. The number of allylic oxidation sites excluding steroid dienone is 7. The Labute approximate surface area is 181 Å². The van der Waals surface area contributed by atoms with Crippen LogP contribution in [0.4, 0.5) is 0 Å². The minimum absolute atomic E-state index is 0.101. The fourth-order valence-electron chi connectivity index (χ4n) is 3.62. The number of fused-ring (bicyclic) bond motifs is 1. The highest BCUT2D eigenvalue weighted by atomic mass is 16.5. The maximum Gasteiger partial charge on any atom is 0.337 e. The number of esters is 1. The maximum absolute atomic E-state index is 12.8. The van der Waals surface area contributed by atoms with Gasteiger partial charge in [-0.1, -0.05) is 41.5 Å². The smallest absolute Gasteiger partial charge is 0.337 e. The molecule has 8 heteroatoms. The normalized spacial score (nSPS) is 29.9. The molecule has 2 rings (SSSR count). The van der Waals surface area contributed by atoms with Crippen molar-refractivity contribution in [1.29, 1.82) is 0 Å². The first-order valence-corrected chi connectivity index (χ1v) is 9.89. The molecule has 0 aliphatic carbocycles. The van der Waals surface area contributed by atoms with Crippen molar-refractivity contribution in [3.05, 3.63) is 58.7 Å². The van der Waals surface area contributed by atoms with Crippen LogP contribution in [-0.2, 0) is 23.9 Å². The molecule has 0 bridgehead atoms. The highest BCUT2D eigenvalue weighted by Gasteiger charge is 2.68. The third kappa shape index (κ3) is 4.92. The van der Waals surface area contributed by atoms with Crippen molar-refractivity contribution in [3.8, 4) is 0 Å². The standard InChI is InChI=1S/C23H29NO7/c1-6-17(19(26)30-5)13-15(3)12-14(2)8-7-9-16(4)18(25)23(29)20-22(28,10-11-31-20)24-21(23)27/h6-9,12-13,20,28-29H,10-11H2,1-5H3,(H,24,27)/t20-,22+,23+/m1/s1. The molecule has 0 aromatic heterocycles. The van der Waals surface area contributed by atoms with Gasteiger partial charge in [-0.25, -0.2) is 4.79 Å². The zero-order valence-electron chi connectivity index (χ0n) is 18.4. The van der Waals surface area contributed by atoms with E-state index in [4.69, 9.17) is 9.47 Å². The third-order valence-corrected chi connectivity index (χ3v) is 5.24. The van der Waals surface area contributed by atoms with Gasteiger partial charge < -0.3 is 25.0 Å². The quantitative estimate of drug-likeness (QED) is 0.241. The largest absolute Gasteiger partial charge is 0.465 e. The number of nitrogens with one attached hydrogen (secondary N) is 1. The fraction of sp³-hybridized carbons (Fsp3) is 0.435. The minimum Gasteiger partial charge on any atom is -0.465 e. The van der Waals surface area contributed by atoms with E-state index in [2.05, 4.69) is 5.32 Å². The van der Waals surface area contributed by atoms with Gasteiger partial charge in [-0.2, -0.15) is 0 Å². The SMILES string of the molecule is CC=C(C=C(C)C=C(C)C=CC=C(C)C(=O)[C@@]1(O)C(=O)N[C@]2(O)CCO[C@@H]12)C(=O)OC. The molecule has 2 aliphatic heterocycles. The molecular formula is C23H29NO7. The summed E-state index contributed by atoms with van der Waals surface area (Å²) in [5.74, 6) is -2.22. The number of hydrogen-bond donors (Lipinski definition) is 3. The topological polar surface area (TPSA) is 122 Å². The van der Waals surface area contributed by atoms with Crippen LogP contribution in [0.25, 0.3) is 0 Å². The Morgan fingerprint density at radius 3 is 2.48 bits per heavy atom. The summed E-state index contributed by atoms with van der Waals surface area (Å²) in [7, 11) is 1.32. The zero-order valence-corrected chi connectivity index (χ0v) is 18.4. The van der Waals surface area contributed by atoms with E-state index < -0.39 is 35.1 Å². The van der Waals surface area contributed by atoms with E-state index in [1.54, 1.807) is 31.2 Å². The number of ketones is 1. The molecule has 3 N–H and O–H groups in total. The Hall–Kier alpha value is -2.81. The lowest BCUT2D eigenvalue weighted by molar-refractivity contribution is -0.160. The minimum atomic E-state index is -2.47. The summed E-state index contributed by atoms with van der Waals surface area (Å²) in [6.07, 6.45) is 8.78. The van der Waals surface area contributed by atoms with Crippen molar-refractivity contribution in [3.63, 3.8) is 0 Å². The first-order chi connectivity index (χ1) is 14.5. The lowest BCUT2D eigenvalue weighted by atomic mass is 9.86. The van der Waals surface area contributed by atoms with Crippen molar-refractivity contribution in [2.45, 2.75) is 51.5 Å². The van der Waals surface area contributed by atoms with Crippen molar-refractivity contribution in [2.75, 3.05) is 13.7 Å². The summed E-state index contributed by atoms with van der Waals surface area (Å²) < 4.78 is 10.0. The van der Waals surface area contributed by atoms with Gasteiger partial charge in [-0.15, -0.1) is 0 Å². The van der Waals surface area contributed by atoms with E-state index in [1.165, 1.54) is 20.1 Å². The Balaban J connectivity index is 2.14. The summed E-state index contributed by atoms with van der Waals surface area (Å²) in [5, 5.41) is 23.4. The second-order valence-electron chi connectivity index (χ2n) is 7.70. The van der Waals surface area contributed by atoms with Crippen LogP contribution < -0.4 is 5.32 Å². The Morgan fingerprint density at radius 1 is 1.19 bits per heavy atom. The monoisotopic (exact) mass is 431 g/mol. The molecule has 1 amide bonds. The Kier molecular flexibility index (Phi) is 7.54. The number of amides is 1. The number of hydrogen-bond acceptors (Lipinski definition) is 7. The molecule has 2 fully saturated rings. The molecule has 0 radical (unpaired) electrons. The molecule has 3 atom stereocenters. The maximum atomic E-state index is 12.8. The molecule has 2 heterocycles. The molecular weight excluding hydrogens is 402 g/mol. The molecule has 31 heavy (non-hydrogen) atoms. The number of ether oxygens (including phenoxy) is 2. The lowest BCUT2D eigenvalue weighted by Gasteiger charge is -2.26. The van der Waals surface area contributed by atoms with Crippen molar-refractivity contribution in [2.24, 2.45) is 0 Å². The Bertz CT molecular complexity index is 924. The van der Waals surface area contributed by atoms with Crippen LogP contribution in [0, 0.1) is 0 Å². The van der Waals surface area contributed by atoms with Gasteiger partial charge >= 0.3 is 5.97 Å². The third-order valence-electron chi connectivity index (χ3n) is 5.24. The van der Waals surface area contributed by atoms with Gasteiger partial charge in [0.25, 0.3) is 5.91 Å². The van der Waals surface area contributed by atoms with E-state index in [9.17, 15) is 24.6 Å². The number of aliphatic hydroxyl groups is 2. The molecule has 0 spiro atoms. The number of rotatable bonds is 7. The van der Waals surface area contributed by atoms with Crippen LogP contribution in [-0.4, -0.2) is 59.0 Å². The van der Waals surface area contributed by atoms with Gasteiger partial charge in [0.1, 0.15) is 0 Å². The number of carbonyl (C=O) groups excluding carboxylic acids is 3. The molecule has 2 saturated heterocycles. The van der Waals surface area contributed by atoms with Crippen LogP contribution >= 0.6 is 0 Å². The molecule has 0 aromatic carbocycles. The lowest BCUT2D eigenvalue weighted by Crippen LogP contribution is -2.55. The van der Waals surface area contributed by atoms with Crippen molar-refractivity contribution in [1.82, 2.24) is 5.32 Å². The summed E-state index contributed by atoms with van der Waals surface area (Å²) in [4.78, 5) is 36.7. The van der Waals surface area contributed by atoms with Crippen LogP contribution in [0.2, 0.25) is 0 Å². The van der Waals surface area contributed by atoms with Crippen LogP contribution in [0.3, 0.4) is 0 Å². The van der Waals surface area contributed by atoms with E-state index in [0.717, 1.165) is 11.1 Å². The second kappa shape index (κ2) is 9.55. The average molecular weight is 431 g/mol. The highest BCUT2D eigenvalue weighted by Crippen LogP contribution is 2.39. The van der Waals surface area contributed by atoms with Crippen molar-refractivity contribution >= 4 is 17.7 Å². The van der Waals surface area contributed by atoms with Crippen molar-refractivity contribution < 1.29 is 34.1 Å². The first kappa shape index (κ1) is 24.5. The predicted molar refractivity (Wildman–Crippen MR) is 114 cm³/mol. The van der Waals surface area contributed by atoms with E-state index in [-0.39, 0.29) is 18.6 Å². The van der Waals surface area contributed by atoms with Gasteiger partial charge in [-0.05, 0) is 39.3 Å². The first-order valence-electron chi connectivity index (χ1n) is 9.89. The molecule has 8 nitrogen and oxygen atoms in total. The summed E-state index contributed by atoms with van der Waals surface area (Å²) >= 11 is 0. The van der Waals surface area contributed by atoms with Crippen LogP contribution in [0.1, 0.15) is 34.1 Å². The summed E-state index contributed by atoms with van der Waals surface area (Å²) in [5.41, 5.74) is -1.97. The van der Waals surface area contributed by atoms with Gasteiger partial charge in [0.15, 0.2) is 11.8 Å². The number of carbonyl (C=O) groups is 3. The summed E-state index contributed by atoms with van der Waals surface area (Å²) in [6, 6.07) is 0. The van der Waals surface area contributed by atoms with Gasteiger partial charge in [0.05, 0.1) is 19.3 Å². The van der Waals surface area contributed by atoms with E-state index in [0.29, 0.717) is 5.57 Å². The van der Waals surface area contributed by atoms with E-state index in [1.807, 2.05) is 19.9 Å². The fourth-order valence-corrected chi connectivity index (χ4v) is 3.62. The molecule has 168 valence electrons. The molecule has 0 saturated carbocycles. The number of methoxy groups -OCH3 is 1. The van der Waals surface area contributed by atoms with E-state index >= 15 is 0 Å². The average Bonchev–Trinajstić information content (AvgIpc) is 3.18. The van der Waals surface area contributed by atoms with Crippen LogP contribution in [0.15, 0.2) is 58.7 Å². The van der Waals surface area contributed by atoms with Gasteiger partial charge in [0.2, 0.25) is 11.4 Å². The highest BCUT2D eigenvalue weighted by molar-refractivity contribution is 6.18. The second-order valence-corrected chi connectivity index (χ2v) is 7.70. The Morgan fingerprint density at radius 2 is 1.87 bits per heavy atom. The molecule has 2 aliphatic rings.